The fourth-order valence-corrected chi connectivity index (χ4v) is 4.16. The summed E-state index contributed by atoms with van der Waals surface area (Å²) in [4.78, 5) is 12.8. The molecule has 0 aromatic heterocycles. The van der Waals surface area contributed by atoms with E-state index in [0.29, 0.717) is 11.7 Å². The Balaban J connectivity index is 1.83. The van der Waals surface area contributed by atoms with Crippen molar-refractivity contribution in [2.24, 2.45) is 11.3 Å². The van der Waals surface area contributed by atoms with E-state index in [1.54, 1.807) is 5.57 Å². The van der Waals surface area contributed by atoms with Crippen LogP contribution < -0.4 is 0 Å². The summed E-state index contributed by atoms with van der Waals surface area (Å²) in [5.74, 6) is 1.05. The van der Waals surface area contributed by atoms with Gasteiger partial charge in [-0.3, -0.25) is 4.79 Å². The summed E-state index contributed by atoms with van der Waals surface area (Å²) < 4.78 is 0. The Morgan fingerprint density at radius 3 is 2.88 bits per heavy atom. The Morgan fingerprint density at radius 2 is 2.12 bits per heavy atom. The zero-order valence-corrected chi connectivity index (χ0v) is 9.91. The first-order valence-corrected chi connectivity index (χ1v) is 6.60. The largest absolute Gasteiger partial charge is 0.294 e. The zero-order chi connectivity index (χ0) is 11.5. The summed E-state index contributed by atoms with van der Waals surface area (Å²) in [6, 6.07) is 8.20. The van der Waals surface area contributed by atoms with Gasteiger partial charge in [0.2, 0.25) is 0 Å². The lowest BCUT2D eigenvalue weighted by molar-refractivity contribution is 0.0671. The van der Waals surface area contributed by atoms with E-state index >= 15 is 0 Å². The second-order valence-corrected chi connectivity index (χ2v) is 5.82. The first-order valence-electron chi connectivity index (χ1n) is 6.60. The van der Waals surface area contributed by atoms with Crippen LogP contribution >= 0.6 is 0 Å². The van der Waals surface area contributed by atoms with Gasteiger partial charge in [-0.05, 0) is 43.6 Å². The van der Waals surface area contributed by atoms with Crippen molar-refractivity contribution in [2.75, 3.05) is 0 Å². The van der Waals surface area contributed by atoms with Crippen LogP contribution in [0.3, 0.4) is 0 Å². The van der Waals surface area contributed by atoms with E-state index in [4.69, 9.17) is 0 Å². The molecule has 0 saturated heterocycles. The summed E-state index contributed by atoms with van der Waals surface area (Å²) in [6.07, 6.45) is 7.90. The van der Waals surface area contributed by atoms with Gasteiger partial charge in [0, 0.05) is 11.0 Å². The summed E-state index contributed by atoms with van der Waals surface area (Å²) in [5, 5.41) is 0. The molecule has 1 aromatic rings. The maximum absolute atomic E-state index is 12.8. The van der Waals surface area contributed by atoms with Crippen LogP contribution in [-0.2, 0) is 6.42 Å². The number of benzene rings is 1. The molecule has 1 saturated carbocycles. The van der Waals surface area contributed by atoms with Crippen LogP contribution in [0.4, 0.5) is 0 Å². The maximum Gasteiger partial charge on any atom is 0.169 e. The zero-order valence-electron chi connectivity index (χ0n) is 9.91. The first kappa shape index (κ1) is 9.64. The number of fused-ring (bicyclic) bond motifs is 4. The fraction of sp³-hybridized carbons (Fsp3) is 0.438. The molecule has 1 nitrogen and oxygen atoms in total. The summed E-state index contributed by atoms with van der Waals surface area (Å²) in [5.41, 5.74) is 3.80. The van der Waals surface area contributed by atoms with Gasteiger partial charge in [0.25, 0.3) is 0 Å². The lowest BCUT2D eigenvalue weighted by atomic mass is 9.63. The minimum Gasteiger partial charge on any atom is -0.294 e. The van der Waals surface area contributed by atoms with Crippen LogP contribution in [-0.4, -0.2) is 5.78 Å². The van der Waals surface area contributed by atoms with Crippen molar-refractivity contribution < 1.29 is 4.79 Å². The molecule has 2 unspecified atom stereocenters. The predicted octanol–water partition coefficient (Wildman–Crippen LogP) is 3.54. The van der Waals surface area contributed by atoms with Gasteiger partial charge in [-0.1, -0.05) is 35.9 Å². The summed E-state index contributed by atoms with van der Waals surface area (Å²) in [7, 11) is 0. The second-order valence-electron chi connectivity index (χ2n) is 5.82. The molecule has 4 rings (SSSR count). The molecular weight excluding hydrogens is 208 g/mol. The number of allylic oxidation sites excluding steroid dienone is 2. The number of hydrogen-bond donors (Lipinski definition) is 0. The summed E-state index contributed by atoms with van der Waals surface area (Å²) in [6.45, 7) is 0. The van der Waals surface area contributed by atoms with Crippen molar-refractivity contribution in [3.05, 3.63) is 47.0 Å². The topological polar surface area (TPSA) is 17.1 Å². The smallest absolute Gasteiger partial charge is 0.169 e. The van der Waals surface area contributed by atoms with Crippen LogP contribution in [0.5, 0.6) is 0 Å². The molecule has 3 aliphatic carbocycles. The molecule has 3 aliphatic rings. The van der Waals surface area contributed by atoms with E-state index in [1.807, 2.05) is 18.2 Å². The minimum absolute atomic E-state index is 0.0154. The highest BCUT2D eigenvalue weighted by Gasteiger charge is 2.53. The van der Waals surface area contributed by atoms with E-state index in [-0.39, 0.29) is 5.41 Å². The summed E-state index contributed by atoms with van der Waals surface area (Å²) >= 11 is 0. The molecule has 17 heavy (non-hydrogen) atoms. The van der Waals surface area contributed by atoms with E-state index in [9.17, 15) is 4.79 Å². The number of ketones is 1. The number of hydrogen-bond acceptors (Lipinski definition) is 1. The highest BCUT2D eigenvalue weighted by Crippen LogP contribution is 2.58. The van der Waals surface area contributed by atoms with Crippen molar-refractivity contribution in [3.8, 4) is 0 Å². The third-order valence-electron chi connectivity index (χ3n) is 5.08. The average Bonchev–Trinajstić information content (AvgIpc) is 2.95. The number of aryl methyl sites for hydroxylation is 1. The van der Waals surface area contributed by atoms with Gasteiger partial charge in [-0.15, -0.1) is 0 Å². The molecule has 0 radical (unpaired) electrons. The van der Waals surface area contributed by atoms with Gasteiger partial charge in [-0.25, -0.2) is 0 Å². The van der Waals surface area contributed by atoms with Gasteiger partial charge < -0.3 is 0 Å². The molecule has 1 spiro atoms. The number of rotatable bonds is 0. The van der Waals surface area contributed by atoms with Crippen LogP contribution in [0, 0.1) is 11.3 Å². The van der Waals surface area contributed by atoms with Gasteiger partial charge >= 0.3 is 0 Å². The molecular formula is C16H16O. The van der Waals surface area contributed by atoms with Crippen LogP contribution in [0.25, 0.3) is 0 Å². The fourth-order valence-electron chi connectivity index (χ4n) is 4.16. The van der Waals surface area contributed by atoms with Gasteiger partial charge in [-0.2, -0.15) is 0 Å². The Hall–Kier alpha value is -1.37. The van der Waals surface area contributed by atoms with Crippen LogP contribution in [0.15, 0.2) is 35.9 Å². The highest BCUT2D eigenvalue weighted by molar-refractivity contribution is 6.03. The number of Topliss-reactive ketones (excluding diaryl/α,β-unsaturated/α-hetero) is 1. The van der Waals surface area contributed by atoms with Crippen molar-refractivity contribution in [3.63, 3.8) is 0 Å². The third-order valence-corrected chi connectivity index (χ3v) is 5.08. The minimum atomic E-state index is -0.0154. The van der Waals surface area contributed by atoms with Gasteiger partial charge in [0.1, 0.15) is 0 Å². The van der Waals surface area contributed by atoms with Gasteiger partial charge in [0.05, 0.1) is 0 Å². The monoisotopic (exact) mass is 224 g/mol. The van der Waals surface area contributed by atoms with E-state index in [1.165, 1.54) is 12.0 Å². The Morgan fingerprint density at radius 1 is 1.24 bits per heavy atom. The molecule has 1 aromatic carbocycles. The lowest BCUT2D eigenvalue weighted by Crippen LogP contribution is -2.39. The highest BCUT2D eigenvalue weighted by atomic mass is 16.1. The van der Waals surface area contributed by atoms with Crippen LogP contribution in [0.2, 0.25) is 0 Å². The van der Waals surface area contributed by atoms with Crippen LogP contribution in [0.1, 0.15) is 41.6 Å². The normalized spacial score (nSPS) is 34.0. The van der Waals surface area contributed by atoms with E-state index in [0.717, 1.165) is 31.2 Å². The average molecular weight is 224 g/mol. The van der Waals surface area contributed by atoms with Crippen molar-refractivity contribution in [1.29, 1.82) is 0 Å². The Bertz CT molecular complexity index is 540. The van der Waals surface area contributed by atoms with E-state index < -0.39 is 0 Å². The molecule has 1 heteroatoms. The van der Waals surface area contributed by atoms with E-state index in [2.05, 4.69) is 12.1 Å². The predicted molar refractivity (Wildman–Crippen MR) is 67.0 cm³/mol. The molecule has 2 atom stereocenters. The molecule has 0 N–H and O–H groups in total. The molecule has 2 bridgehead atoms. The SMILES string of the molecule is O=C1c2ccccc2CCC12CC1=CCC2C1. The molecule has 1 fully saturated rings. The lowest BCUT2D eigenvalue weighted by Gasteiger charge is -2.38. The second kappa shape index (κ2) is 3.10. The number of carbonyl (C=O) groups excluding carboxylic acids is 1. The Labute approximate surface area is 102 Å². The van der Waals surface area contributed by atoms with Gasteiger partial charge in [0.15, 0.2) is 5.78 Å². The molecule has 0 aliphatic heterocycles. The van der Waals surface area contributed by atoms with Crippen molar-refractivity contribution in [1.82, 2.24) is 0 Å². The van der Waals surface area contributed by atoms with Crippen molar-refractivity contribution >= 4 is 5.78 Å². The Kier molecular flexibility index (Phi) is 1.76. The quantitative estimate of drug-likeness (QED) is 0.616. The molecule has 0 heterocycles. The standard InChI is InChI=1S/C16H16O/c17-15-14-4-2-1-3-12(14)7-8-16(15)10-11-5-6-13(16)9-11/h1-5,13H,6-10H2. The molecule has 86 valence electrons. The van der Waals surface area contributed by atoms with Crippen molar-refractivity contribution in [2.45, 2.75) is 32.1 Å². The maximum atomic E-state index is 12.8. The third kappa shape index (κ3) is 1.12. The molecule has 0 amide bonds. The first-order chi connectivity index (χ1) is 8.29. The number of carbonyl (C=O) groups is 1.